The number of anilines is 1. The Morgan fingerprint density at radius 1 is 1.15 bits per heavy atom. The quantitative estimate of drug-likeness (QED) is 0.153. The molecule has 1 saturated heterocycles. The first-order valence-corrected chi connectivity index (χ1v) is 14.1. The van der Waals surface area contributed by atoms with Crippen molar-refractivity contribution in [2.45, 2.75) is 65.9 Å². The van der Waals surface area contributed by atoms with Crippen LogP contribution in [0.5, 0.6) is 5.75 Å². The number of nitro benzene ring substituents is 1. The molecule has 1 aliphatic carbocycles. The van der Waals surface area contributed by atoms with Crippen LogP contribution in [0.25, 0.3) is 6.08 Å². The van der Waals surface area contributed by atoms with Gasteiger partial charge in [-0.3, -0.25) is 19.7 Å². The number of carbonyl (C=O) groups is 2. The van der Waals surface area contributed by atoms with Gasteiger partial charge in [-0.2, -0.15) is 0 Å². The van der Waals surface area contributed by atoms with Crippen LogP contribution in [0, 0.1) is 41.7 Å². The molecule has 1 fully saturated rings. The summed E-state index contributed by atoms with van der Waals surface area (Å²) < 4.78 is 0. The highest BCUT2D eigenvalue weighted by Gasteiger charge is 2.55. The van der Waals surface area contributed by atoms with Gasteiger partial charge < -0.3 is 15.3 Å². The zero-order valence-corrected chi connectivity index (χ0v) is 24.0. The Bertz CT molecular complexity index is 1400. The summed E-state index contributed by atoms with van der Waals surface area (Å²) in [6.07, 6.45) is 3.77. The number of nitrogens with zero attached hydrogens (tertiary/aromatic N) is 2. The number of aromatic hydroxyl groups is 1. The number of aliphatic hydroxyl groups excluding tert-OH is 2. The summed E-state index contributed by atoms with van der Waals surface area (Å²) in [4.78, 5) is 38.8. The molecule has 0 bridgehead atoms. The average Bonchev–Trinajstić information content (AvgIpc) is 3.21. The number of hydrogen-bond donors (Lipinski definition) is 3. The van der Waals surface area contributed by atoms with Gasteiger partial charge in [-0.1, -0.05) is 37.1 Å². The van der Waals surface area contributed by atoms with E-state index in [0.29, 0.717) is 31.3 Å². The van der Waals surface area contributed by atoms with Crippen molar-refractivity contribution in [1.29, 1.82) is 0 Å². The monoisotopic (exact) mass is 562 g/mol. The molecule has 0 unspecified atom stereocenters. The maximum absolute atomic E-state index is 13.7. The average molecular weight is 563 g/mol. The number of hydrogen-bond acceptors (Lipinski definition) is 7. The van der Waals surface area contributed by atoms with Crippen molar-refractivity contribution in [1.82, 2.24) is 0 Å². The largest absolute Gasteiger partial charge is 0.507 e. The van der Waals surface area contributed by atoms with E-state index >= 15 is 0 Å². The van der Waals surface area contributed by atoms with Gasteiger partial charge in [0.15, 0.2) is 0 Å². The van der Waals surface area contributed by atoms with Crippen molar-refractivity contribution in [2.75, 3.05) is 11.5 Å². The Morgan fingerprint density at radius 2 is 1.83 bits per heavy atom. The van der Waals surface area contributed by atoms with Crippen molar-refractivity contribution in [3.8, 4) is 5.75 Å². The second-order valence-corrected chi connectivity index (χ2v) is 11.0. The maximum Gasteiger partial charge on any atom is 0.271 e. The van der Waals surface area contributed by atoms with Crippen molar-refractivity contribution < 1.29 is 29.8 Å². The minimum atomic E-state index is -0.906. The molecule has 2 amide bonds. The predicted octanol–water partition coefficient (Wildman–Crippen LogP) is 5.38. The van der Waals surface area contributed by atoms with Gasteiger partial charge in [-0.15, -0.1) is 0 Å². The lowest BCUT2D eigenvalue weighted by atomic mass is 9.67. The number of aliphatic hydroxyl groups is 2. The molecule has 0 aromatic heterocycles. The van der Waals surface area contributed by atoms with Crippen LogP contribution in [0.1, 0.15) is 62.6 Å². The van der Waals surface area contributed by atoms with Crippen LogP contribution in [0.15, 0.2) is 53.1 Å². The molecule has 2 aromatic carbocycles. The number of phenolic OH excluding ortho intramolecular Hbond substituents is 1. The molecule has 2 aliphatic rings. The fourth-order valence-electron chi connectivity index (χ4n) is 6.44. The third-order valence-corrected chi connectivity index (χ3v) is 8.54. The molecule has 1 aliphatic heterocycles. The lowest BCUT2D eigenvalue weighted by Gasteiger charge is -2.36. The zero-order valence-electron chi connectivity index (χ0n) is 24.0. The number of amides is 2. The summed E-state index contributed by atoms with van der Waals surface area (Å²) in [6, 6.07) is 9.28. The summed E-state index contributed by atoms with van der Waals surface area (Å²) in [7, 11) is 0. The molecule has 218 valence electrons. The van der Waals surface area contributed by atoms with E-state index in [-0.39, 0.29) is 17.1 Å². The van der Waals surface area contributed by atoms with E-state index in [1.807, 2.05) is 39.8 Å². The SMILES string of the molecule is CCC1=C([C@H](O)CC/C(=C/c2cc(C)c(O)c(C)c2)CC)[C@H](CO)[C@@H]2C(=O)N(c3cccc([N+](=O)[O-])c3)C(=O)[C@@H]2C1. The highest BCUT2D eigenvalue weighted by Crippen LogP contribution is 2.48. The normalized spacial score (nSPS) is 21.9. The Balaban J connectivity index is 1.59. The second-order valence-electron chi connectivity index (χ2n) is 11.0. The smallest absolute Gasteiger partial charge is 0.271 e. The van der Waals surface area contributed by atoms with Gasteiger partial charge in [-0.05, 0) is 86.4 Å². The molecule has 1 heterocycles. The molecule has 9 nitrogen and oxygen atoms in total. The van der Waals surface area contributed by atoms with Crippen LogP contribution in [-0.4, -0.2) is 44.8 Å². The van der Waals surface area contributed by atoms with Crippen LogP contribution >= 0.6 is 0 Å². The first-order valence-electron chi connectivity index (χ1n) is 14.1. The Hall–Kier alpha value is -3.82. The van der Waals surface area contributed by atoms with Crippen LogP contribution in [0.3, 0.4) is 0 Å². The molecule has 4 rings (SSSR count). The molecular formula is C32H38N2O7. The number of aryl methyl sites for hydroxylation is 2. The fraction of sp³-hybridized carbons (Fsp3) is 0.438. The van der Waals surface area contributed by atoms with Gasteiger partial charge in [0, 0.05) is 18.1 Å². The van der Waals surface area contributed by atoms with E-state index < -0.39 is 47.2 Å². The van der Waals surface area contributed by atoms with Gasteiger partial charge in [0.05, 0.1) is 35.2 Å². The number of allylic oxidation sites excluding steroid dienone is 2. The number of phenols is 1. The second kappa shape index (κ2) is 12.4. The van der Waals surface area contributed by atoms with E-state index in [2.05, 4.69) is 6.08 Å². The van der Waals surface area contributed by atoms with Crippen molar-refractivity contribution >= 4 is 29.3 Å². The van der Waals surface area contributed by atoms with Gasteiger partial charge >= 0.3 is 0 Å². The highest BCUT2D eigenvalue weighted by atomic mass is 16.6. The van der Waals surface area contributed by atoms with E-state index in [1.54, 1.807) is 0 Å². The van der Waals surface area contributed by atoms with Crippen LogP contribution in [0.2, 0.25) is 0 Å². The van der Waals surface area contributed by atoms with Crippen molar-refractivity contribution in [2.24, 2.45) is 17.8 Å². The molecule has 9 heteroatoms. The summed E-state index contributed by atoms with van der Waals surface area (Å²) in [5.41, 5.74) is 5.09. The number of benzene rings is 2. The Kier molecular flexibility index (Phi) is 9.09. The van der Waals surface area contributed by atoms with Crippen LogP contribution < -0.4 is 4.90 Å². The van der Waals surface area contributed by atoms with E-state index in [1.165, 1.54) is 24.3 Å². The van der Waals surface area contributed by atoms with Crippen LogP contribution in [-0.2, 0) is 9.59 Å². The third-order valence-electron chi connectivity index (χ3n) is 8.54. The zero-order chi connectivity index (χ0) is 30.0. The van der Waals surface area contributed by atoms with Crippen molar-refractivity contribution in [3.63, 3.8) is 0 Å². The summed E-state index contributed by atoms with van der Waals surface area (Å²) >= 11 is 0. The number of carbonyl (C=O) groups excluding carboxylic acids is 2. The minimum absolute atomic E-state index is 0.137. The van der Waals surface area contributed by atoms with Gasteiger partial charge in [-0.25, -0.2) is 4.90 Å². The Labute approximate surface area is 240 Å². The van der Waals surface area contributed by atoms with E-state index in [4.69, 9.17) is 0 Å². The molecule has 0 saturated carbocycles. The lowest BCUT2D eigenvalue weighted by molar-refractivity contribution is -0.384. The van der Waals surface area contributed by atoms with E-state index in [0.717, 1.165) is 39.2 Å². The predicted molar refractivity (Wildman–Crippen MR) is 156 cm³/mol. The number of rotatable bonds is 10. The van der Waals surface area contributed by atoms with E-state index in [9.17, 15) is 35.0 Å². The van der Waals surface area contributed by atoms with Gasteiger partial charge in [0.1, 0.15) is 5.75 Å². The fourth-order valence-corrected chi connectivity index (χ4v) is 6.44. The highest BCUT2D eigenvalue weighted by molar-refractivity contribution is 6.22. The molecule has 3 N–H and O–H groups in total. The summed E-state index contributed by atoms with van der Waals surface area (Å²) in [5, 5.41) is 43.3. The molecule has 4 atom stereocenters. The molecule has 0 spiro atoms. The maximum atomic E-state index is 13.7. The third kappa shape index (κ3) is 5.83. The summed E-state index contributed by atoms with van der Waals surface area (Å²) in [5.74, 6) is -2.94. The Morgan fingerprint density at radius 3 is 2.41 bits per heavy atom. The number of nitro groups is 1. The first-order chi connectivity index (χ1) is 19.5. The topological polar surface area (TPSA) is 141 Å². The minimum Gasteiger partial charge on any atom is -0.507 e. The molecule has 2 aromatic rings. The molecule has 41 heavy (non-hydrogen) atoms. The number of fused-ring (bicyclic) bond motifs is 1. The van der Waals surface area contributed by atoms with Gasteiger partial charge in [0.2, 0.25) is 11.8 Å². The lowest BCUT2D eigenvalue weighted by Crippen LogP contribution is -2.39. The van der Waals surface area contributed by atoms with Crippen LogP contribution in [0.4, 0.5) is 11.4 Å². The number of imide groups is 1. The van der Waals surface area contributed by atoms with Crippen molar-refractivity contribution in [3.05, 3.63) is 79.9 Å². The number of non-ortho nitro benzene ring substituents is 1. The molecular weight excluding hydrogens is 524 g/mol. The standard InChI is InChI=1S/C32H38N2O7/c1-5-20(14-21-12-18(3)30(37)19(4)13-21)10-11-27(36)28-22(6-2)15-25-29(26(28)17-35)32(39)33(31(25)38)23-8-7-9-24(16-23)34(40)41/h7-9,12-14,16,25-27,29,35-37H,5-6,10-11,15,17H2,1-4H3/b20-14+/t25-,26+,27-,29-/m1/s1. The van der Waals surface area contributed by atoms with Gasteiger partial charge in [0.25, 0.3) is 5.69 Å². The molecule has 0 radical (unpaired) electrons. The first kappa shape index (κ1) is 30.1. The summed E-state index contributed by atoms with van der Waals surface area (Å²) in [6.45, 7) is 7.29.